The van der Waals surface area contributed by atoms with E-state index in [1.807, 2.05) is 19.1 Å². The smallest absolute Gasteiger partial charge is 0.338 e. The Morgan fingerprint density at radius 2 is 1.76 bits per heavy atom. The topological polar surface area (TPSA) is 92.8 Å². The molecule has 0 saturated heterocycles. The quantitative estimate of drug-likeness (QED) is 0.444. The van der Waals surface area contributed by atoms with E-state index in [-0.39, 0.29) is 23.2 Å². The highest BCUT2D eigenvalue weighted by atomic mass is 16.5. The largest absolute Gasteiger partial charge is 0.452 e. The molecule has 1 aliphatic rings. The summed E-state index contributed by atoms with van der Waals surface area (Å²) >= 11 is 0. The van der Waals surface area contributed by atoms with E-state index in [1.54, 1.807) is 12.1 Å². The number of hydrogen-bond donors (Lipinski definition) is 1. The number of imide groups is 1. The fourth-order valence-corrected chi connectivity index (χ4v) is 2.95. The van der Waals surface area contributed by atoms with E-state index in [4.69, 9.17) is 4.74 Å². The molecule has 0 spiro atoms. The Morgan fingerprint density at radius 1 is 1.07 bits per heavy atom. The Balaban J connectivity index is 1.61. The molecule has 7 nitrogen and oxygen atoms in total. The van der Waals surface area contributed by atoms with E-state index >= 15 is 0 Å². The van der Waals surface area contributed by atoms with Gasteiger partial charge in [0.05, 0.1) is 16.7 Å². The number of benzene rings is 2. The van der Waals surface area contributed by atoms with Crippen LogP contribution in [0.1, 0.15) is 43.6 Å². The van der Waals surface area contributed by atoms with Gasteiger partial charge in [0.2, 0.25) is 0 Å². The third kappa shape index (κ3) is 4.24. The zero-order valence-electron chi connectivity index (χ0n) is 15.9. The van der Waals surface area contributed by atoms with Crippen LogP contribution in [-0.4, -0.2) is 41.7 Å². The normalized spacial score (nSPS) is 12.5. The van der Waals surface area contributed by atoms with Gasteiger partial charge in [-0.1, -0.05) is 25.1 Å². The van der Waals surface area contributed by atoms with Crippen molar-refractivity contribution >= 4 is 29.4 Å². The second-order valence-corrected chi connectivity index (χ2v) is 6.44. The summed E-state index contributed by atoms with van der Waals surface area (Å²) < 4.78 is 5.03. The van der Waals surface area contributed by atoms with Gasteiger partial charge >= 0.3 is 5.97 Å². The summed E-state index contributed by atoms with van der Waals surface area (Å²) in [4.78, 5) is 49.8. The van der Waals surface area contributed by atoms with Crippen LogP contribution in [0.15, 0.2) is 55.1 Å². The number of fused-ring (bicyclic) bond motifs is 1. The molecule has 148 valence electrons. The minimum Gasteiger partial charge on any atom is -0.452 e. The number of aryl methyl sites for hydroxylation is 1. The lowest BCUT2D eigenvalue weighted by Crippen LogP contribution is -2.29. The molecular formula is C22H20N2O5. The first kappa shape index (κ1) is 20.0. The van der Waals surface area contributed by atoms with Gasteiger partial charge in [-0.2, -0.15) is 0 Å². The predicted octanol–water partition coefficient (Wildman–Crippen LogP) is 2.83. The molecule has 0 aliphatic carbocycles. The van der Waals surface area contributed by atoms with Crippen LogP contribution in [-0.2, 0) is 16.0 Å². The first-order valence-electron chi connectivity index (χ1n) is 9.11. The average Bonchev–Trinajstić information content (AvgIpc) is 2.97. The lowest BCUT2D eigenvalue weighted by atomic mass is 10.1. The molecule has 1 N–H and O–H groups in total. The molecule has 1 heterocycles. The molecule has 3 amide bonds. The Labute approximate surface area is 168 Å². The molecule has 0 saturated carbocycles. The van der Waals surface area contributed by atoms with Gasteiger partial charge in [-0.15, -0.1) is 6.58 Å². The van der Waals surface area contributed by atoms with Crippen LogP contribution in [0.25, 0.3) is 0 Å². The summed E-state index contributed by atoms with van der Waals surface area (Å²) in [7, 11) is 0. The molecule has 0 aromatic heterocycles. The zero-order valence-corrected chi connectivity index (χ0v) is 15.9. The van der Waals surface area contributed by atoms with Crippen molar-refractivity contribution in [3.8, 4) is 0 Å². The molecule has 7 heteroatoms. The maximum atomic E-state index is 12.3. The van der Waals surface area contributed by atoms with E-state index in [1.165, 1.54) is 24.3 Å². The van der Waals surface area contributed by atoms with Gasteiger partial charge in [-0.25, -0.2) is 4.79 Å². The van der Waals surface area contributed by atoms with Gasteiger partial charge in [0.25, 0.3) is 17.7 Å². The van der Waals surface area contributed by atoms with Crippen LogP contribution in [0.2, 0.25) is 0 Å². The molecule has 1 aliphatic heterocycles. The SMILES string of the molecule is C=CCN1C(=O)c2ccc(C(=O)OCC(=O)Nc3ccc(CC)cc3)cc2C1=O. The summed E-state index contributed by atoms with van der Waals surface area (Å²) in [6.45, 7) is 5.17. The maximum Gasteiger partial charge on any atom is 0.338 e. The Kier molecular flexibility index (Phi) is 5.87. The summed E-state index contributed by atoms with van der Waals surface area (Å²) in [5.41, 5.74) is 2.19. The lowest BCUT2D eigenvalue weighted by molar-refractivity contribution is -0.119. The molecule has 2 aromatic rings. The van der Waals surface area contributed by atoms with Crippen LogP contribution in [0.3, 0.4) is 0 Å². The first-order chi connectivity index (χ1) is 13.9. The molecule has 0 radical (unpaired) electrons. The number of carbonyl (C=O) groups is 4. The van der Waals surface area contributed by atoms with Gasteiger partial charge in [0.15, 0.2) is 6.61 Å². The van der Waals surface area contributed by atoms with Crippen molar-refractivity contribution in [2.45, 2.75) is 13.3 Å². The summed E-state index contributed by atoms with van der Waals surface area (Å²) in [6, 6.07) is 11.5. The summed E-state index contributed by atoms with van der Waals surface area (Å²) in [5.74, 6) is -2.16. The lowest BCUT2D eigenvalue weighted by Gasteiger charge is -2.09. The van der Waals surface area contributed by atoms with Crippen LogP contribution in [0.4, 0.5) is 5.69 Å². The molecule has 3 rings (SSSR count). The fraction of sp³-hybridized carbons (Fsp3) is 0.182. The molecular weight excluding hydrogens is 372 g/mol. The van der Waals surface area contributed by atoms with Crippen molar-refractivity contribution in [1.82, 2.24) is 4.90 Å². The molecule has 0 fully saturated rings. The van der Waals surface area contributed by atoms with Crippen LogP contribution >= 0.6 is 0 Å². The van der Waals surface area contributed by atoms with E-state index < -0.39 is 30.3 Å². The van der Waals surface area contributed by atoms with Crippen molar-refractivity contribution in [3.63, 3.8) is 0 Å². The minimum atomic E-state index is -0.758. The van der Waals surface area contributed by atoms with Crippen molar-refractivity contribution in [3.05, 3.63) is 77.4 Å². The zero-order chi connectivity index (χ0) is 21.0. The molecule has 29 heavy (non-hydrogen) atoms. The number of amides is 3. The van der Waals surface area contributed by atoms with Crippen molar-refractivity contribution < 1.29 is 23.9 Å². The summed E-state index contributed by atoms with van der Waals surface area (Å²) in [5, 5.41) is 2.64. The minimum absolute atomic E-state index is 0.0884. The number of hydrogen-bond acceptors (Lipinski definition) is 5. The standard InChI is InChI=1S/C22H20N2O5/c1-3-11-24-20(26)17-10-7-15(12-18(17)21(24)27)22(28)29-13-19(25)23-16-8-5-14(4-2)6-9-16/h3,5-10,12H,1,4,11,13H2,2H3,(H,23,25). The van der Waals surface area contributed by atoms with Crippen molar-refractivity contribution in [1.29, 1.82) is 0 Å². The van der Waals surface area contributed by atoms with E-state index in [0.717, 1.165) is 16.9 Å². The number of carbonyl (C=O) groups excluding carboxylic acids is 4. The van der Waals surface area contributed by atoms with Gasteiger partial charge in [-0.3, -0.25) is 19.3 Å². The Morgan fingerprint density at radius 3 is 2.41 bits per heavy atom. The van der Waals surface area contributed by atoms with E-state index in [2.05, 4.69) is 11.9 Å². The molecule has 0 atom stereocenters. The second kappa shape index (κ2) is 8.52. The first-order valence-corrected chi connectivity index (χ1v) is 9.11. The van der Waals surface area contributed by atoms with E-state index in [9.17, 15) is 19.2 Å². The van der Waals surface area contributed by atoms with Gasteiger partial charge < -0.3 is 10.1 Å². The predicted molar refractivity (Wildman–Crippen MR) is 107 cm³/mol. The Bertz CT molecular complexity index is 995. The maximum absolute atomic E-state index is 12.3. The fourth-order valence-electron chi connectivity index (χ4n) is 2.95. The van der Waals surface area contributed by atoms with Crippen molar-refractivity contribution in [2.75, 3.05) is 18.5 Å². The second-order valence-electron chi connectivity index (χ2n) is 6.44. The highest BCUT2D eigenvalue weighted by molar-refractivity contribution is 6.22. The average molecular weight is 392 g/mol. The van der Waals surface area contributed by atoms with Gasteiger partial charge in [-0.05, 0) is 42.3 Å². The number of nitrogens with one attached hydrogen (secondary N) is 1. The number of ether oxygens (including phenoxy) is 1. The molecule has 0 bridgehead atoms. The molecule has 0 unspecified atom stereocenters. The molecule has 2 aromatic carbocycles. The van der Waals surface area contributed by atoms with Crippen LogP contribution in [0, 0.1) is 0 Å². The van der Waals surface area contributed by atoms with Crippen LogP contribution in [0.5, 0.6) is 0 Å². The Hall–Kier alpha value is -3.74. The summed E-state index contributed by atoms with van der Waals surface area (Å²) in [6.07, 6.45) is 2.34. The highest BCUT2D eigenvalue weighted by Crippen LogP contribution is 2.24. The number of nitrogens with zero attached hydrogens (tertiary/aromatic N) is 1. The number of esters is 1. The monoisotopic (exact) mass is 392 g/mol. The van der Waals surface area contributed by atoms with E-state index in [0.29, 0.717) is 5.69 Å². The van der Waals surface area contributed by atoms with Gasteiger partial charge in [0.1, 0.15) is 0 Å². The highest BCUT2D eigenvalue weighted by Gasteiger charge is 2.35. The third-order valence-corrected chi connectivity index (χ3v) is 4.50. The van der Waals surface area contributed by atoms with Crippen LogP contribution < -0.4 is 5.32 Å². The van der Waals surface area contributed by atoms with Crippen molar-refractivity contribution in [2.24, 2.45) is 0 Å². The van der Waals surface area contributed by atoms with Gasteiger partial charge in [0, 0.05) is 12.2 Å². The number of rotatable bonds is 7. The third-order valence-electron chi connectivity index (χ3n) is 4.50. The number of anilines is 1.